The Morgan fingerprint density at radius 2 is 1.89 bits per heavy atom. The highest BCUT2D eigenvalue weighted by molar-refractivity contribution is 5.38. The van der Waals surface area contributed by atoms with Crippen LogP contribution in [0.25, 0.3) is 0 Å². The Bertz CT molecular complexity index is 403. The molecule has 0 atom stereocenters. The molecule has 6 heteroatoms. The first kappa shape index (κ1) is 11.9. The van der Waals surface area contributed by atoms with Crippen LogP contribution in [-0.2, 0) is 6.54 Å². The number of rotatable bonds is 4. The van der Waals surface area contributed by atoms with Crippen molar-refractivity contribution in [2.45, 2.75) is 25.3 Å². The highest BCUT2D eigenvalue weighted by atomic mass is 15.5. The number of hydrogen-bond donors (Lipinski definition) is 1. The minimum absolute atomic E-state index is 0.618. The molecule has 2 fully saturated rings. The van der Waals surface area contributed by atoms with Crippen molar-refractivity contribution in [3.8, 4) is 0 Å². The molecule has 1 saturated heterocycles. The lowest BCUT2D eigenvalue weighted by atomic mass is 10.3. The number of nitrogen functional groups attached to an aromatic ring is 1. The number of likely N-dealkylation sites (N-methyl/N-ethyl adjacent to an activating group) is 1. The van der Waals surface area contributed by atoms with E-state index in [0.29, 0.717) is 11.7 Å². The van der Waals surface area contributed by atoms with E-state index in [-0.39, 0.29) is 0 Å². The molecule has 0 bridgehead atoms. The molecule has 1 aliphatic heterocycles. The minimum Gasteiger partial charge on any atom is -0.381 e. The molecule has 1 aliphatic carbocycles. The summed E-state index contributed by atoms with van der Waals surface area (Å²) in [6.45, 7) is 6.60. The summed E-state index contributed by atoms with van der Waals surface area (Å²) in [6, 6.07) is 0. The van der Waals surface area contributed by atoms with Gasteiger partial charge in [0.05, 0.1) is 12.2 Å². The largest absolute Gasteiger partial charge is 0.381 e. The molecule has 6 nitrogen and oxygen atoms in total. The topological polar surface area (TPSA) is 63.2 Å². The predicted octanol–water partition coefficient (Wildman–Crippen LogP) is -0.0149. The second-order valence-electron chi connectivity index (χ2n) is 5.50. The van der Waals surface area contributed by atoms with E-state index in [9.17, 15) is 0 Å². The van der Waals surface area contributed by atoms with Gasteiger partial charge in [0, 0.05) is 38.6 Å². The molecule has 1 aromatic rings. The Hall–Kier alpha value is -1.14. The molecule has 2 N–H and O–H groups in total. The molecule has 0 unspecified atom stereocenters. The fourth-order valence-electron chi connectivity index (χ4n) is 2.58. The molecule has 2 heterocycles. The van der Waals surface area contributed by atoms with Crippen molar-refractivity contribution in [3.63, 3.8) is 0 Å². The molecule has 100 valence electrons. The van der Waals surface area contributed by atoms with Crippen LogP contribution in [0, 0.1) is 0 Å². The monoisotopic (exact) mass is 250 g/mol. The lowest BCUT2D eigenvalue weighted by Crippen LogP contribution is -2.45. The van der Waals surface area contributed by atoms with Crippen molar-refractivity contribution in [2.75, 3.05) is 45.5 Å². The third-order valence-corrected chi connectivity index (χ3v) is 3.99. The number of aromatic nitrogens is 3. The average Bonchev–Trinajstić information content (AvgIpc) is 3.13. The smallest absolute Gasteiger partial charge is 0.169 e. The Labute approximate surface area is 108 Å². The summed E-state index contributed by atoms with van der Waals surface area (Å²) in [7, 11) is 2.18. The molecule has 0 aromatic carbocycles. The van der Waals surface area contributed by atoms with Crippen LogP contribution in [0.4, 0.5) is 5.82 Å². The summed E-state index contributed by atoms with van der Waals surface area (Å²) >= 11 is 0. The molecule has 3 rings (SSSR count). The number of anilines is 1. The lowest BCUT2D eigenvalue weighted by molar-refractivity contribution is 0.148. The maximum atomic E-state index is 5.89. The fraction of sp³-hybridized carbons (Fsp3) is 0.833. The van der Waals surface area contributed by atoms with Gasteiger partial charge in [0.25, 0.3) is 0 Å². The van der Waals surface area contributed by atoms with E-state index >= 15 is 0 Å². The molecule has 1 aromatic heterocycles. The maximum absolute atomic E-state index is 5.89. The molecule has 1 saturated carbocycles. The van der Waals surface area contributed by atoms with Crippen molar-refractivity contribution < 1.29 is 0 Å². The summed E-state index contributed by atoms with van der Waals surface area (Å²) in [5.74, 6) is 1.25. The Kier molecular flexibility index (Phi) is 3.22. The first-order chi connectivity index (χ1) is 8.74. The van der Waals surface area contributed by atoms with E-state index < -0.39 is 0 Å². The van der Waals surface area contributed by atoms with Crippen LogP contribution in [0.5, 0.6) is 0 Å². The van der Waals surface area contributed by atoms with Crippen LogP contribution >= 0.6 is 0 Å². The van der Waals surface area contributed by atoms with Crippen molar-refractivity contribution in [1.29, 1.82) is 0 Å². The molecular formula is C12H22N6. The normalized spacial score (nSPS) is 22.5. The van der Waals surface area contributed by atoms with Gasteiger partial charge in [-0.1, -0.05) is 5.21 Å². The Balaban J connectivity index is 1.56. The zero-order valence-electron chi connectivity index (χ0n) is 11.0. The van der Waals surface area contributed by atoms with Crippen LogP contribution in [0.15, 0.2) is 0 Å². The Morgan fingerprint density at radius 1 is 1.17 bits per heavy atom. The number of piperazine rings is 1. The van der Waals surface area contributed by atoms with Crippen LogP contribution in [-0.4, -0.2) is 64.6 Å². The third kappa shape index (κ3) is 2.49. The molecule has 0 radical (unpaired) electrons. The van der Waals surface area contributed by atoms with E-state index in [2.05, 4.69) is 27.2 Å². The maximum Gasteiger partial charge on any atom is 0.169 e. The SMILES string of the molecule is CN1CCN(CCn2nnc(N)c2C2CC2)CC1. The average molecular weight is 250 g/mol. The van der Waals surface area contributed by atoms with E-state index in [1.165, 1.54) is 18.5 Å². The zero-order chi connectivity index (χ0) is 12.5. The van der Waals surface area contributed by atoms with Gasteiger partial charge in [0.1, 0.15) is 0 Å². The quantitative estimate of drug-likeness (QED) is 0.814. The van der Waals surface area contributed by atoms with Gasteiger partial charge in [0.15, 0.2) is 5.82 Å². The van der Waals surface area contributed by atoms with Gasteiger partial charge in [-0.3, -0.25) is 4.90 Å². The number of nitrogens with zero attached hydrogens (tertiary/aromatic N) is 5. The third-order valence-electron chi connectivity index (χ3n) is 3.99. The summed E-state index contributed by atoms with van der Waals surface area (Å²) in [4.78, 5) is 4.87. The van der Waals surface area contributed by atoms with Gasteiger partial charge in [-0.25, -0.2) is 4.68 Å². The van der Waals surface area contributed by atoms with E-state index in [4.69, 9.17) is 5.73 Å². The van der Waals surface area contributed by atoms with Crippen molar-refractivity contribution >= 4 is 5.82 Å². The van der Waals surface area contributed by atoms with Crippen LogP contribution in [0.2, 0.25) is 0 Å². The summed E-state index contributed by atoms with van der Waals surface area (Å²) < 4.78 is 2.02. The first-order valence-electron chi connectivity index (χ1n) is 6.84. The van der Waals surface area contributed by atoms with Gasteiger partial charge < -0.3 is 10.6 Å². The molecule has 2 aliphatic rings. The van der Waals surface area contributed by atoms with Crippen molar-refractivity contribution in [3.05, 3.63) is 5.69 Å². The van der Waals surface area contributed by atoms with Gasteiger partial charge in [-0.2, -0.15) is 0 Å². The van der Waals surface area contributed by atoms with E-state index in [1.54, 1.807) is 0 Å². The van der Waals surface area contributed by atoms with Crippen molar-refractivity contribution in [1.82, 2.24) is 24.8 Å². The van der Waals surface area contributed by atoms with Crippen LogP contribution in [0.1, 0.15) is 24.5 Å². The summed E-state index contributed by atoms with van der Waals surface area (Å²) in [6.07, 6.45) is 2.48. The number of hydrogen-bond acceptors (Lipinski definition) is 5. The summed E-state index contributed by atoms with van der Waals surface area (Å²) in [5.41, 5.74) is 7.07. The Morgan fingerprint density at radius 3 is 2.56 bits per heavy atom. The minimum atomic E-state index is 0.618. The second kappa shape index (κ2) is 4.85. The highest BCUT2D eigenvalue weighted by Gasteiger charge is 2.30. The molecule has 0 spiro atoms. The predicted molar refractivity (Wildman–Crippen MR) is 70.3 cm³/mol. The second-order valence-corrected chi connectivity index (χ2v) is 5.50. The first-order valence-corrected chi connectivity index (χ1v) is 6.84. The fourth-order valence-corrected chi connectivity index (χ4v) is 2.58. The van der Waals surface area contributed by atoms with Gasteiger partial charge >= 0.3 is 0 Å². The van der Waals surface area contributed by atoms with Gasteiger partial charge in [0.2, 0.25) is 0 Å². The summed E-state index contributed by atoms with van der Waals surface area (Å²) in [5, 5.41) is 8.20. The molecular weight excluding hydrogens is 228 g/mol. The molecule has 0 amide bonds. The number of nitrogens with two attached hydrogens (primary N) is 1. The standard InChI is InChI=1S/C12H22N6/c1-16-4-6-17(7-5-16)8-9-18-11(10-2-3-10)12(13)14-15-18/h10H,2-9,13H2,1H3. The molecule has 18 heavy (non-hydrogen) atoms. The van der Waals surface area contributed by atoms with Crippen LogP contribution < -0.4 is 5.73 Å². The zero-order valence-corrected chi connectivity index (χ0v) is 11.0. The van der Waals surface area contributed by atoms with E-state index in [0.717, 1.165) is 39.3 Å². The van der Waals surface area contributed by atoms with Crippen molar-refractivity contribution in [2.24, 2.45) is 0 Å². The lowest BCUT2D eigenvalue weighted by Gasteiger charge is -2.32. The van der Waals surface area contributed by atoms with Crippen LogP contribution in [0.3, 0.4) is 0 Å². The van der Waals surface area contributed by atoms with Gasteiger partial charge in [-0.05, 0) is 19.9 Å². The van der Waals surface area contributed by atoms with Gasteiger partial charge in [-0.15, -0.1) is 5.10 Å². The highest BCUT2D eigenvalue weighted by Crippen LogP contribution is 2.41. The van der Waals surface area contributed by atoms with E-state index in [1.807, 2.05) is 4.68 Å².